The summed E-state index contributed by atoms with van der Waals surface area (Å²) in [5.74, 6) is -0.349. The molecule has 0 unspecified atom stereocenters. The second-order valence-corrected chi connectivity index (χ2v) is 6.63. The molecular formula is C18H24N2O3. The molecule has 23 heavy (non-hydrogen) atoms. The molecule has 2 aliphatic rings. The average molecular weight is 316 g/mol. The van der Waals surface area contributed by atoms with E-state index in [0.29, 0.717) is 19.8 Å². The molecule has 1 atom stereocenters. The van der Waals surface area contributed by atoms with Gasteiger partial charge in [0.15, 0.2) is 5.79 Å². The fourth-order valence-corrected chi connectivity index (χ4v) is 3.93. The third-order valence-electron chi connectivity index (χ3n) is 5.14. The van der Waals surface area contributed by atoms with Crippen molar-refractivity contribution in [2.45, 2.75) is 31.7 Å². The monoisotopic (exact) mass is 316 g/mol. The van der Waals surface area contributed by atoms with Gasteiger partial charge in [0.1, 0.15) is 0 Å². The van der Waals surface area contributed by atoms with Crippen LogP contribution in [-0.2, 0) is 9.47 Å². The number of aliphatic hydroxyl groups excluding tert-OH is 1. The van der Waals surface area contributed by atoms with Crippen molar-refractivity contribution in [3.05, 3.63) is 35.5 Å². The Morgan fingerprint density at radius 2 is 1.91 bits per heavy atom. The Labute approximate surface area is 136 Å². The number of likely N-dealkylation sites (tertiary alicyclic amines) is 1. The van der Waals surface area contributed by atoms with Crippen LogP contribution in [0.2, 0.25) is 0 Å². The maximum Gasteiger partial charge on any atom is 0.170 e. The van der Waals surface area contributed by atoms with E-state index in [9.17, 15) is 5.11 Å². The summed E-state index contributed by atoms with van der Waals surface area (Å²) in [6, 6.07) is 8.16. The molecule has 0 amide bonds. The first kappa shape index (κ1) is 15.1. The zero-order valence-electron chi connectivity index (χ0n) is 13.5. The smallest absolute Gasteiger partial charge is 0.170 e. The number of ether oxygens (including phenoxy) is 2. The number of H-pyrrole nitrogens is 1. The predicted octanol–water partition coefficient (Wildman–Crippen LogP) is 2.35. The first-order valence-corrected chi connectivity index (χ1v) is 8.42. The first-order valence-electron chi connectivity index (χ1n) is 8.42. The predicted molar refractivity (Wildman–Crippen MR) is 88.3 cm³/mol. The number of rotatable bonds is 3. The molecule has 124 valence electrons. The minimum absolute atomic E-state index is 0.349. The normalized spacial score (nSPS) is 22.9. The highest BCUT2D eigenvalue weighted by Crippen LogP contribution is 2.33. The van der Waals surface area contributed by atoms with E-state index in [1.54, 1.807) is 0 Å². The number of aromatic amines is 1. The van der Waals surface area contributed by atoms with E-state index < -0.39 is 6.10 Å². The summed E-state index contributed by atoms with van der Waals surface area (Å²) >= 11 is 0. The highest BCUT2D eigenvalue weighted by atomic mass is 16.7. The fraction of sp³-hybridized carbons (Fsp3) is 0.556. The number of β-amino-alcohol motifs (C(OH)–C–C–N with tert-alkyl or cyclic N) is 1. The molecule has 0 radical (unpaired) electrons. The maximum atomic E-state index is 10.8. The van der Waals surface area contributed by atoms with Crippen LogP contribution in [0.5, 0.6) is 0 Å². The molecule has 0 aliphatic carbocycles. The third-order valence-corrected chi connectivity index (χ3v) is 5.14. The number of hydrogen-bond donors (Lipinski definition) is 2. The van der Waals surface area contributed by atoms with Crippen molar-refractivity contribution in [2.75, 3.05) is 32.8 Å². The Hall–Kier alpha value is -1.40. The Morgan fingerprint density at radius 3 is 2.65 bits per heavy atom. The van der Waals surface area contributed by atoms with Crippen LogP contribution in [0, 0.1) is 6.92 Å². The van der Waals surface area contributed by atoms with E-state index in [0.717, 1.165) is 48.1 Å². The van der Waals surface area contributed by atoms with Crippen LogP contribution in [-0.4, -0.2) is 53.6 Å². The number of benzene rings is 1. The topological polar surface area (TPSA) is 57.7 Å². The molecule has 1 aromatic carbocycles. The molecule has 1 spiro atoms. The number of aliphatic hydroxyl groups is 1. The molecule has 2 saturated heterocycles. The van der Waals surface area contributed by atoms with E-state index in [1.807, 2.05) is 19.1 Å². The maximum absolute atomic E-state index is 10.8. The average Bonchev–Trinajstić information content (AvgIpc) is 3.13. The lowest BCUT2D eigenvalue weighted by Crippen LogP contribution is -2.46. The van der Waals surface area contributed by atoms with Gasteiger partial charge >= 0.3 is 0 Å². The summed E-state index contributed by atoms with van der Waals surface area (Å²) in [6.45, 7) is 5.90. The van der Waals surface area contributed by atoms with Crippen molar-refractivity contribution >= 4 is 10.9 Å². The number of piperidine rings is 1. The van der Waals surface area contributed by atoms with Gasteiger partial charge in [-0.1, -0.05) is 18.2 Å². The summed E-state index contributed by atoms with van der Waals surface area (Å²) in [5.41, 5.74) is 3.16. The van der Waals surface area contributed by atoms with Gasteiger partial charge in [-0.2, -0.15) is 0 Å². The van der Waals surface area contributed by atoms with Crippen LogP contribution in [0.1, 0.15) is 30.2 Å². The number of nitrogens with zero attached hydrogens (tertiary/aromatic N) is 1. The molecule has 2 aromatic rings. The van der Waals surface area contributed by atoms with Crippen molar-refractivity contribution in [1.82, 2.24) is 9.88 Å². The van der Waals surface area contributed by atoms with Gasteiger partial charge in [-0.25, -0.2) is 0 Å². The van der Waals surface area contributed by atoms with Gasteiger partial charge in [0.2, 0.25) is 0 Å². The third kappa shape index (κ3) is 2.78. The van der Waals surface area contributed by atoms with Crippen LogP contribution in [0.4, 0.5) is 0 Å². The molecule has 2 fully saturated rings. The zero-order chi connectivity index (χ0) is 15.9. The number of hydrogen-bond acceptors (Lipinski definition) is 4. The lowest BCUT2D eigenvalue weighted by atomic mass is 10.0. The van der Waals surface area contributed by atoms with Gasteiger partial charge in [-0.3, -0.25) is 0 Å². The fourth-order valence-electron chi connectivity index (χ4n) is 3.93. The van der Waals surface area contributed by atoms with Crippen LogP contribution < -0.4 is 0 Å². The SMILES string of the molecule is Cc1[nH]c2ccccc2c1[C@H](O)CN1CCC2(CC1)OCCO2. The minimum Gasteiger partial charge on any atom is -0.387 e. The van der Waals surface area contributed by atoms with E-state index in [1.165, 1.54) is 0 Å². The van der Waals surface area contributed by atoms with Gasteiger partial charge in [0, 0.05) is 54.6 Å². The molecule has 0 saturated carbocycles. The zero-order valence-corrected chi connectivity index (χ0v) is 13.5. The largest absolute Gasteiger partial charge is 0.387 e. The van der Waals surface area contributed by atoms with Crippen LogP contribution in [0.25, 0.3) is 10.9 Å². The number of aromatic nitrogens is 1. The molecule has 0 bridgehead atoms. The Kier molecular flexibility index (Phi) is 3.89. The Morgan fingerprint density at radius 1 is 1.22 bits per heavy atom. The highest BCUT2D eigenvalue weighted by Gasteiger charge is 2.40. The second-order valence-electron chi connectivity index (χ2n) is 6.63. The van der Waals surface area contributed by atoms with Crippen LogP contribution >= 0.6 is 0 Å². The lowest BCUT2D eigenvalue weighted by molar-refractivity contribution is -0.186. The number of aryl methyl sites for hydroxylation is 1. The highest BCUT2D eigenvalue weighted by molar-refractivity contribution is 5.84. The van der Waals surface area contributed by atoms with E-state index in [-0.39, 0.29) is 5.79 Å². The van der Waals surface area contributed by atoms with E-state index in [2.05, 4.69) is 22.0 Å². The Bertz CT molecular complexity index is 681. The number of fused-ring (bicyclic) bond motifs is 1. The summed E-state index contributed by atoms with van der Waals surface area (Å²) in [5, 5.41) is 11.9. The van der Waals surface area contributed by atoms with Gasteiger partial charge in [0.05, 0.1) is 19.3 Å². The van der Waals surface area contributed by atoms with E-state index >= 15 is 0 Å². The summed E-state index contributed by atoms with van der Waals surface area (Å²) in [4.78, 5) is 5.67. The molecule has 4 rings (SSSR count). The molecule has 2 aliphatic heterocycles. The summed E-state index contributed by atoms with van der Waals surface area (Å²) < 4.78 is 11.5. The Balaban J connectivity index is 1.45. The van der Waals surface area contributed by atoms with Crippen molar-refractivity contribution in [3.63, 3.8) is 0 Å². The lowest BCUT2D eigenvalue weighted by Gasteiger charge is -2.38. The van der Waals surface area contributed by atoms with Crippen molar-refractivity contribution in [2.24, 2.45) is 0 Å². The molecule has 2 N–H and O–H groups in total. The molecular weight excluding hydrogens is 292 g/mol. The van der Waals surface area contributed by atoms with Crippen molar-refractivity contribution in [3.8, 4) is 0 Å². The number of para-hydroxylation sites is 1. The van der Waals surface area contributed by atoms with Crippen molar-refractivity contribution < 1.29 is 14.6 Å². The molecule has 3 heterocycles. The standard InChI is InChI=1S/C18H24N2O3/c1-13-17(14-4-2-3-5-15(14)19-13)16(21)12-20-8-6-18(7-9-20)22-10-11-23-18/h2-5,16,19,21H,6-12H2,1H3/t16-/m1/s1. The minimum atomic E-state index is -0.481. The van der Waals surface area contributed by atoms with Gasteiger partial charge in [-0.05, 0) is 13.0 Å². The molecule has 5 nitrogen and oxygen atoms in total. The van der Waals surface area contributed by atoms with E-state index in [4.69, 9.17) is 9.47 Å². The first-order chi connectivity index (χ1) is 11.2. The van der Waals surface area contributed by atoms with Crippen LogP contribution in [0.15, 0.2) is 24.3 Å². The summed E-state index contributed by atoms with van der Waals surface area (Å²) in [7, 11) is 0. The van der Waals surface area contributed by atoms with Crippen LogP contribution in [0.3, 0.4) is 0 Å². The molecule has 5 heteroatoms. The van der Waals surface area contributed by atoms with Gasteiger partial charge in [-0.15, -0.1) is 0 Å². The quantitative estimate of drug-likeness (QED) is 0.912. The number of nitrogens with one attached hydrogen (secondary N) is 1. The summed E-state index contributed by atoms with van der Waals surface area (Å²) in [6.07, 6.45) is 1.28. The molecule has 1 aromatic heterocycles. The van der Waals surface area contributed by atoms with Gasteiger partial charge < -0.3 is 24.5 Å². The van der Waals surface area contributed by atoms with Crippen molar-refractivity contribution in [1.29, 1.82) is 0 Å². The second kappa shape index (κ2) is 5.91. The van der Waals surface area contributed by atoms with Gasteiger partial charge in [0.25, 0.3) is 0 Å².